The number of piperidine rings is 1. The molecule has 8 nitrogen and oxygen atoms in total. The fraction of sp³-hybridized carbons (Fsp3) is 0.286. The zero-order valence-corrected chi connectivity index (χ0v) is 20.3. The molecular weight excluding hydrogens is 456 g/mol. The summed E-state index contributed by atoms with van der Waals surface area (Å²) >= 11 is 0. The number of anilines is 2. The third kappa shape index (κ3) is 6.27. The summed E-state index contributed by atoms with van der Waals surface area (Å²) in [5.74, 6) is 0.0653. The number of amides is 2. The first-order chi connectivity index (χ1) is 17.4. The van der Waals surface area contributed by atoms with E-state index < -0.39 is 10.8 Å². The second-order valence-electron chi connectivity index (χ2n) is 9.15. The Kier molecular flexibility index (Phi) is 7.95. The van der Waals surface area contributed by atoms with E-state index in [4.69, 9.17) is 0 Å². The van der Waals surface area contributed by atoms with Crippen LogP contribution in [0.15, 0.2) is 72.8 Å². The molecule has 3 aromatic carbocycles. The average Bonchev–Trinajstić information content (AvgIpc) is 2.90. The molecule has 36 heavy (non-hydrogen) atoms. The van der Waals surface area contributed by atoms with Crippen LogP contribution >= 0.6 is 0 Å². The second kappa shape index (κ2) is 11.5. The molecule has 8 heteroatoms. The Labute approximate surface area is 210 Å². The zero-order chi connectivity index (χ0) is 25.5. The molecule has 0 unspecified atom stereocenters. The SMILES string of the molecule is CC1CCN(c2ccc(NC(=O)c3ccc([N+](=O)[O-])cc3)cc2C(=O)NCCc2ccccc2)CC1. The summed E-state index contributed by atoms with van der Waals surface area (Å²) in [6.45, 7) is 4.49. The first-order valence-electron chi connectivity index (χ1n) is 12.2. The van der Waals surface area contributed by atoms with Crippen LogP contribution in [0.4, 0.5) is 17.1 Å². The molecule has 1 aliphatic heterocycles. The third-order valence-corrected chi connectivity index (χ3v) is 6.51. The summed E-state index contributed by atoms with van der Waals surface area (Å²) < 4.78 is 0. The minimum atomic E-state index is -0.509. The molecule has 4 rings (SSSR count). The van der Waals surface area contributed by atoms with Gasteiger partial charge in [-0.2, -0.15) is 0 Å². The monoisotopic (exact) mass is 486 g/mol. The van der Waals surface area contributed by atoms with Gasteiger partial charge in [0.1, 0.15) is 0 Å². The molecule has 0 spiro atoms. The lowest BCUT2D eigenvalue weighted by Crippen LogP contribution is -2.35. The van der Waals surface area contributed by atoms with Crippen LogP contribution in [0.2, 0.25) is 0 Å². The van der Waals surface area contributed by atoms with Crippen LogP contribution in [0.5, 0.6) is 0 Å². The van der Waals surface area contributed by atoms with Crippen molar-refractivity contribution in [3.8, 4) is 0 Å². The highest BCUT2D eigenvalue weighted by atomic mass is 16.6. The molecule has 1 heterocycles. The maximum atomic E-state index is 13.3. The predicted molar refractivity (Wildman–Crippen MR) is 141 cm³/mol. The highest BCUT2D eigenvalue weighted by Crippen LogP contribution is 2.29. The maximum absolute atomic E-state index is 13.3. The van der Waals surface area contributed by atoms with E-state index in [0.29, 0.717) is 29.3 Å². The third-order valence-electron chi connectivity index (χ3n) is 6.51. The molecule has 0 bridgehead atoms. The number of carbonyl (C=O) groups excluding carboxylic acids is 2. The normalized spacial score (nSPS) is 13.8. The van der Waals surface area contributed by atoms with Crippen LogP contribution in [-0.4, -0.2) is 36.4 Å². The zero-order valence-electron chi connectivity index (χ0n) is 20.3. The number of nitro benzene ring substituents is 1. The number of hydrogen-bond donors (Lipinski definition) is 2. The minimum Gasteiger partial charge on any atom is -0.371 e. The molecule has 0 radical (unpaired) electrons. The van der Waals surface area contributed by atoms with Crippen LogP contribution < -0.4 is 15.5 Å². The predicted octanol–water partition coefficient (Wildman–Crippen LogP) is 5.06. The summed E-state index contributed by atoms with van der Waals surface area (Å²) in [6.07, 6.45) is 2.85. The summed E-state index contributed by atoms with van der Waals surface area (Å²) in [5, 5.41) is 16.7. The van der Waals surface area contributed by atoms with Crippen molar-refractivity contribution in [3.05, 3.63) is 99.6 Å². The van der Waals surface area contributed by atoms with Gasteiger partial charge in [-0.3, -0.25) is 19.7 Å². The maximum Gasteiger partial charge on any atom is 0.269 e. The number of benzene rings is 3. The van der Waals surface area contributed by atoms with Crippen molar-refractivity contribution in [2.24, 2.45) is 5.92 Å². The molecule has 186 valence electrons. The van der Waals surface area contributed by atoms with E-state index in [2.05, 4.69) is 22.5 Å². The lowest BCUT2D eigenvalue weighted by molar-refractivity contribution is -0.384. The van der Waals surface area contributed by atoms with Gasteiger partial charge < -0.3 is 15.5 Å². The van der Waals surface area contributed by atoms with E-state index in [1.165, 1.54) is 24.3 Å². The Bertz CT molecular complexity index is 1220. The number of nitrogens with one attached hydrogen (secondary N) is 2. The van der Waals surface area contributed by atoms with Crippen molar-refractivity contribution in [3.63, 3.8) is 0 Å². The van der Waals surface area contributed by atoms with Gasteiger partial charge in [-0.05, 0) is 61.1 Å². The minimum absolute atomic E-state index is 0.0822. The number of rotatable bonds is 8. The highest BCUT2D eigenvalue weighted by Gasteiger charge is 2.22. The number of non-ortho nitro benzene ring substituents is 1. The Hall–Kier alpha value is -4.20. The van der Waals surface area contributed by atoms with Gasteiger partial charge in [0.05, 0.1) is 10.5 Å². The fourth-order valence-electron chi connectivity index (χ4n) is 4.32. The number of nitro groups is 1. The lowest BCUT2D eigenvalue weighted by Gasteiger charge is -2.33. The van der Waals surface area contributed by atoms with Gasteiger partial charge in [0.25, 0.3) is 17.5 Å². The smallest absolute Gasteiger partial charge is 0.269 e. The quantitative estimate of drug-likeness (QED) is 0.342. The van der Waals surface area contributed by atoms with Crippen LogP contribution in [0.3, 0.4) is 0 Å². The summed E-state index contributed by atoms with van der Waals surface area (Å²) in [7, 11) is 0. The van der Waals surface area contributed by atoms with Gasteiger partial charge in [0, 0.05) is 48.7 Å². The van der Waals surface area contributed by atoms with Crippen molar-refractivity contribution in [2.75, 3.05) is 29.9 Å². The molecule has 2 amide bonds. The van der Waals surface area contributed by atoms with E-state index in [1.54, 1.807) is 12.1 Å². The first-order valence-corrected chi connectivity index (χ1v) is 12.2. The highest BCUT2D eigenvalue weighted by molar-refractivity contribution is 6.06. The molecule has 3 aromatic rings. The summed E-state index contributed by atoms with van der Waals surface area (Å²) in [6, 6.07) is 20.8. The fourth-order valence-corrected chi connectivity index (χ4v) is 4.32. The molecule has 1 aliphatic rings. The average molecular weight is 487 g/mol. The van der Waals surface area contributed by atoms with E-state index in [1.807, 2.05) is 36.4 Å². The van der Waals surface area contributed by atoms with Crippen molar-refractivity contribution in [1.29, 1.82) is 0 Å². The first kappa shape index (κ1) is 24.9. The Morgan fingerprint density at radius 2 is 1.67 bits per heavy atom. The van der Waals surface area contributed by atoms with Gasteiger partial charge in [-0.1, -0.05) is 37.3 Å². The van der Waals surface area contributed by atoms with Crippen molar-refractivity contribution < 1.29 is 14.5 Å². The molecule has 2 N–H and O–H groups in total. The van der Waals surface area contributed by atoms with Crippen LogP contribution in [0.1, 0.15) is 46.0 Å². The van der Waals surface area contributed by atoms with Crippen LogP contribution in [-0.2, 0) is 6.42 Å². The molecule has 1 fully saturated rings. The Balaban J connectivity index is 1.51. The standard InChI is InChI=1S/C28H30N4O4/c1-20-14-17-31(18-15-20)26-12-9-23(30-27(33)22-7-10-24(11-8-22)32(35)36)19-25(26)28(34)29-16-13-21-5-3-2-4-6-21/h2-12,19-20H,13-18H2,1H3,(H,29,34)(H,30,33). The molecular formula is C28H30N4O4. The van der Waals surface area contributed by atoms with Crippen molar-refractivity contribution in [2.45, 2.75) is 26.2 Å². The largest absolute Gasteiger partial charge is 0.371 e. The van der Waals surface area contributed by atoms with Gasteiger partial charge >= 0.3 is 0 Å². The summed E-state index contributed by atoms with van der Waals surface area (Å²) in [4.78, 5) is 38.6. The van der Waals surface area contributed by atoms with E-state index >= 15 is 0 Å². The van der Waals surface area contributed by atoms with Crippen LogP contribution in [0.25, 0.3) is 0 Å². The Morgan fingerprint density at radius 1 is 0.972 bits per heavy atom. The molecule has 0 saturated carbocycles. The van der Waals surface area contributed by atoms with Crippen molar-refractivity contribution >= 4 is 28.9 Å². The number of carbonyl (C=O) groups is 2. The molecule has 1 saturated heterocycles. The van der Waals surface area contributed by atoms with Gasteiger partial charge in [-0.25, -0.2) is 0 Å². The number of nitrogens with zero attached hydrogens (tertiary/aromatic N) is 2. The van der Waals surface area contributed by atoms with E-state index in [9.17, 15) is 19.7 Å². The summed E-state index contributed by atoms with van der Waals surface area (Å²) in [5.41, 5.74) is 3.21. The van der Waals surface area contributed by atoms with Crippen molar-refractivity contribution in [1.82, 2.24) is 5.32 Å². The van der Waals surface area contributed by atoms with Gasteiger partial charge in [0.2, 0.25) is 0 Å². The second-order valence-corrected chi connectivity index (χ2v) is 9.15. The van der Waals surface area contributed by atoms with Crippen LogP contribution in [0, 0.1) is 16.0 Å². The number of hydrogen-bond acceptors (Lipinski definition) is 5. The van der Waals surface area contributed by atoms with E-state index in [-0.39, 0.29) is 11.6 Å². The molecule has 0 aliphatic carbocycles. The van der Waals surface area contributed by atoms with E-state index in [0.717, 1.165) is 43.6 Å². The van der Waals surface area contributed by atoms with Gasteiger partial charge in [0.15, 0.2) is 0 Å². The Morgan fingerprint density at radius 3 is 2.33 bits per heavy atom. The topological polar surface area (TPSA) is 105 Å². The molecule has 0 atom stereocenters. The molecule has 0 aromatic heterocycles. The lowest BCUT2D eigenvalue weighted by atomic mass is 9.97. The van der Waals surface area contributed by atoms with Gasteiger partial charge in [-0.15, -0.1) is 0 Å².